The summed E-state index contributed by atoms with van der Waals surface area (Å²) < 4.78 is 0. The van der Waals surface area contributed by atoms with E-state index in [-0.39, 0.29) is 11.4 Å². The molecule has 0 bridgehead atoms. The first-order chi connectivity index (χ1) is 10.1. The van der Waals surface area contributed by atoms with Crippen LogP contribution in [-0.2, 0) is 6.42 Å². The minimum absolute atomic E-state index is 0.0300. The minimum Gasteiger partial charge on any atom is -0.508 e. The quantitative estimate of drug-likeness (QED) is 0.368. The number of hydrazine groups is 1. The predicted molar refractivity (Wildman–Crippen MR) is 81.2 cm³/mol. The van der Waals surface area contributed by atoms with Crippen LogP contribution in [0.15, 0.2) is 42.5 Å². The van der Waals surface area contributed by atoms with E-state index in [0.29, 0.717) is 17.9 Å². The predicted octanol–water partition coefficient (Wildman–Crippen LogP) is 2.24. The zero-order valence-corrected chi connectivity index (χ0v) is 11.2. The molecule has 7 nitrogen and oxygen atoms in total. The molecule has 0 unspecified atom stereocenters. The van der Waals surface area contributed by atoms with Crippen molar-refractivity contribution in [3.63, 3.8) is 0 Å². The Bertz CT molecular complexity index is 629. The molecule has 5 N–H and O–H groups in total. The van der Waals surface area contributed by atoms with E-state index in [4.69, 9.17) is 5.84 Å². The second-order valence-electron chi connectivity index (χ2n) is 4.51. The molecular formula is C14H16N4O3. The van der Waals surface area contributed by atoms with Crippen LogP contribution in [0.2, 0.25) is 0 Å². The molecule has 2 rings (SSSR count). The van der Waals surface area contributed by atoms with Crippen molar-refractivity contribution in [3.05, 3.63) is 58.1 Å². The molecule has 2 aromatic carbocycles. The van der Waals surface area contributed by atoms with E-state index >= 15 is 0 Å². The fourth-order valence-electron chi connectivity index (χ4n) is 1.92. The number of nitrogens with zero attached hydrogens (tertiary/aromatic N) is 1. The lowest BCUT2D eigenvalue weighted by Gasteiger charge is -2.09. The Morgan fingerprint density at radius 1 is 1.14 bits per heavy atom. The first-order valence-corrected chi connectivity index (χ1v) is 6.36. The Morgan fingerprint density at radius 2 is 1.81 bits per heavy atom. The summed E-state index contributed by atoms with van der Waals surface area (Å²) in [6.07, 6.45) is 0.731. The fraction of sp³-hybridized carbons (Fsp3) is 0.143. The summed E-state index contributed by atoms with van der Waals surface area (Å²) in [4.78, 5) is 10.4. The largest absolute Gasteiger partial charge is 0.508 e. The summed E-state index contributed by atoms with van der Waals surface area (Å²) in [5, 5.41) is 23.2. The van der Waals surface area contributed by atoms with Gasteiger partial charge < -0.3 is 15.8 Å². The second-order valence-corrected chi connectivity index (χ2v) is 4.51. The molecule has 0 fully saturated rings. The topological polar surface area (TPSA) is 113 Å². The zero-order valence-electron chi connectivity index (χ0n) is 11.2. The SMILES string of the molecule is NNc1cc(NCCc2ccc(O)cc2)cc([N+](=O)[O-])c1. The van der Waals surface area contributed by atoms with Crippen LogP contribution in [0.5, 0.6) is 5.75 Å². The number of benzene rings is 2. The number of nitrogens with two attached hydrogens (primary N) is 1. The maximum Gasteiger partial charge on any atom is 0.273 e. The van der Waals surface area contributed by atoms with E-state index in [2.05, 4.69) is 10.7 Å². The molecule has 0 aromatic heterocycles. The van der Waals surface area contributed by atoms with Crippen molar-refractivity contribution in [2.24, 2.45) is 5.84 Å². The molecular weight excluding hydrogens is 272 g/mol. The molecule has 0 radical (unpaired) electrons. The lowest BCUT2D eigenvalue weighted by Crippen LogP contribution is -2.09. The first kappa shape index (κ1) is 14.6. The van der Waals surface area contributed by atoms with Crippen LogP contribution >= 0.6 is 0 Å². The Morgan fingerprint density at radius 3 is 2.43 bits per heavy atom. The van der Waals surface area contributed by atoms with Gasteiger partial charge in [-0.3, -0.25) is 16.0 Å². The van der Waals surface area contributed by atoms with Gasteiger partial charge in [-0.2, -0.15) is 0 Å². The lowest BCUT2D eigenvalue weighted by molar-refractivity contribution is -0.384. The molecule has 110 valence electrons. The van der Waals surface area contributed by atoms with Gasteiger partial charge in [0, 0.05) is 24.4 Å². The standard InChI is InChI=1S/C14H16N4O3/c15-17-12-7-11(8-13(9-12)18(20)21)16-6-5-10-1-3-14(19)4-2-10/h1-4,7-9,16-17,19H,5-6,15H2. The summed E-state index contributed by atoms with van der Waals surface area (Å²) in [5.41, 5.74) is 4.52. The van der Waals surface area contributed by atoms with Crippen LogP contribution in [0.3, 0.4) is 0 Å². The number of nitrogens with one attached hydrogen (secondary N) is 2. The Balaban J connectivity index is 2.00. The average molecular weight is 288 g/mol. The third-order valence-corrected chi connectivity index (χ3v) is 2.97. The number of anilines is 2. The Kier molecular flexibility index (Phi) is 4.57. The molecule has 7 heteroatoms. The number of aromatic hydroxyl groups is 1. The van der Waals surface area contributed by atoms with E-state index < -0.39 is 4.92 Å². The number of nitrogen functional groups attached to an aromatic ring is 1. The summed E-state index contributed by atoms with van der Waals surface area (Å²) in [5.74, 6) is 5.52. The number of hydrogen-bond acceptors (Lipinski definition) is 6. The van der Waals surface area contributed by atoms with Gasteiger partial charge in [0.15, 0.2) is 0 Å². The summed E-state index contributed by atoms with van der Waals surface area (Å²) >= 11 is 0. The molecule has 0 spiro atoms. The number of non-ortho nitro benzene ring substituents is 1. The highest BCUT2D eigenvalue weighted by atomic mass is 16.6. The average Bonchev–Trinajstić information content (AvgIpc) is 2.49. The minimum atomic E-state index is -0.466. The van der Waals surface area contributed by atoms with Crippen molar-refractivity contribution in [2.45, 2.75) is 6.42 Å². The maximum absolute atomic E-state index is 10.8. The fourth-order valence-corrected chi connectivity index (χ4v) is 1.92. The van der Waals surface area contributed by atoms with E-state index in [1.807, 2.05) is 12.1 Å². The normalized spacial score (nSPS) is 10.1. The van der Waals surface area contributed by atoms with Gasteiger partial charge in [-0.25, -0.2) is 0 Å². The van der Waals surface area contributed by atoms with Crippen LogP contribution in [-0.4, -0.2) is 16.6 Å². The van der Waals surface area contributed by atoms with Crippen LogP contribution in [0.25, 0.3) is 0 Å². The Hall–Kier alpha value is -2.80. The summed E-state index contributed by atoms with van der Waals surface area (Å²) in [7, 11) is 0. The van der Waals surface area contributed by atoms with Gasteiger partial charge in [-0.15, -0.1) is 0 Å². The van der Waals surface area contributed by atoms with Crippen LogP contribution in [0.4, 0.5) is 17.1 Å². The number of nitro benzene ring substituents is 1. The molecule has 0 saturated carbocycles. The van der Waals surface area contributed by atoms with E-state index in [0.717, 1.165) is 12.0 Å². The van der Waals surface area contributed by atoms with Crippen molar-refractivity contribution >= 4 is 17.1 Å². The molecule has 2 aromatic rings. The number of phenolic OH excluding ortho intramolecular Hbond substituents is 1. The van der Waals surface area contributed by atoms with Crippen LogP contribution < -0.4 is 16.6 Å². The van der Waals surface area contributed by atoms with E-state index in [9.17, 15) is 15.2 Å². The van der Waals surface area contributed by atoms with Gasteiger partial charge in [0.1, 0.15) is 5.75 Å². The van der Waals surface area contributed by atoms with Gasteiger partial charge in [0.05, 0.1) is 10.6 Å². The van der Waals surface area contributed by atoms with Crippen molar-refractivity contribution in [2.75, 3.05) is 17.3 Å². The van der Waals surface area contributed by atoms with E-state index in [1.165, 1.54) is 12.1 Å². The molecule has 0 aliphatic rings. The van der Waals surface area contributed by atoms with Gasteiger partial charge in [-0.05, 0) is 30.2 Å². The molecule has 0 saturated heterocycles. The maximum atomic E-state index is 10.8. The number of phenols is 1. The second kappa shape index (κ2) is 6.58. The van der Waals surface area contributed by atoms with Crippen molar-refractivity contribution in [3.8, 4) is 5.75 Å². The number of rotatable bonds is 6. The highest BCUT2D eigenvalue weighted by Gasteiger charge is 2.09. The van der Waals surface area contributed by atoms with Crippen molar-refractivity contribution < 1.29 is 10.0 Å². The third kappa shape index (κ3) is 4.08. The van der Waals surface area contributed by atoms with Crippen LogP contribution in [0.1, 0.15) is 5.56 Å². The summed E-state index contributed by atoms with van der Waals surface area (Å²) in [6, 6.07) is 11.4. The number of nitro groups is 1. The monoisotopic (exact) mass is 288 g/mol. The third-order valence-electron chi connectivity index (χ3n) is 2.97. The summed E-state index contributed by atoms with van der Waals surface area (Å²) in [6.45, 7) is 0.607. The Labute approximate surface area is 121 Å². The molecule has 0 aliphatic carbocycles. The van der Waals surface area contributed by atoms with Gasteiger partial charge in [-0.1, -0.05) is 12.1 Å². The van der Waals surface area contributed by atoms with Crippen molar-refractivity contribution in [1.29, 1.82) is 0 Å². The molecule has 0 amide bonds. The van der Waals surface area contributed by atoms with E-state index in [1.54, 1.807) is 18.2 Å². The number of hydrogen-bond donors (Lipinski definition) is 4. The van der Waals surface area contributed by atoms with Crippen LogP contribution in [0, 0.1) is 10.1 Å². The first-order valence-electron chi connectivity index (χ1n) is 6.36. The lowest BCUT2D eigenvalue weighted by atomic mass is 10.1. The van der Waals surface area contributed by atoms with Crippen molar-refractivity contribution in [1.82, 2.24) is 0 Å². The molecule has 0 atom stereocenters. The van der Waals surface area contributed by atoms with Gasteiger partial charge >= 0.3 is 0 Å². The highest BCUT2D eigenvalue weighted by Crippen LogP contribution is 2.23. The molecule has 21 heavy (non-hydrogen) atoms. The molecule has 0 aliphatic heterocycles. The van der Waals surface area contributed by atoms with Gasteiger partial charge in [0.25, 0.3) is 5.69 Å². The molecule has 0 heterocycles. The smallest absolute Gasteiger partial charge is 0.273 e. The van der Waals surface area contributed by atoms with Gasteiger partial charge in [0.2, 0.25) is 0 Å². The highest BCUT2D eigenvalue weighted by molar-refractivity contribution is 5.63. The zero-order chi connectivity index (χ0) is 15.2.